The van der Waals surface area contributed by atoms with E-state index in [0.717, 1.165) is 30.0 Å². The minimum Gasteiger partial charge on any atom is -0.496 e. The predicted octanol–water partition coefficient (Wildman–Crippen LogP) is 1.89. The Morgan fingerprint density at radius 1 is 1.35 bits per heavy atom. The first-order valence-corrected chi connectivity index (χ1v) is 7.49. The molecule has 0 heterocycles. The van der Waals surface area contributed by atoms with Crippen LogP contribution < -0.4 is 10.5 Å². The Hall–Kier alpha value is -1.10. The lowest BCUT2D eigenvalue weighted by Crippen LogP contribution is -2.35. The number of benzene rings is 1. The molecule has 1 aromatic rings. The zero-order valence-corrected chi connectivity index (χ0v) is 12.3. The minimum atomic E-state index is 0.204. The molecule has 0 saturated heterocycles. The first-order chi connectivity index (χ1) is 9.78. The van der Waals surface area contributed by atoms with Crippen molar-refractivity contribution in [3.05, 3.63) is 29.3 Å². The molecule has 0 atom stereocenters. The Kier molecular flexibility index (Phi) is 5.83. The number of aliphatic hydroxyl groups excluding tert-OH is 1. The van der Waals surface area contributed by atoms with Crippen LogP contribution in [-0.2, 0) is 13.1 Å². The van der Waals surface area contributed by atoms with E-state index in [4.69, 9.17) is 10.5 Å². The van der Waals surface area contributed by atoms with E-state index < -0.39 is 0 Å². The smallest absolute Gasteiger partial charge is 0.123 e. The van der Waals surface area contributed by atoms with Crippen LogP contribution >= 0.6 is 0 Å². The van der Waals surface area contributed by atoms with Gasteiger partial charge in [0.25, 0.3) is 0 Å². The average Bonchev–Trinajstić information content (AvgIpc) is 3.00. The molecule has 0 aromatic heterocycles. The van der Waals surface area contributed by atoms with Gasteiger partial charge in [0.2, 0.25) is 0 Å². The molecule has 0 bridgehead atoms. The van der Waals surface area contributed by atoms with Crippen LogP contribution in [0.4, 0.5) is 0 Å². The highest BCUT2D eigenvalue weighted by Crippen LogP contribution is 2.27. The topological polar surface area (TPSA) is 58.7 Å². The first kappa shape index (κ1) is 15.3. The van der Waals surface area contributed by atoms with Crippen molar-refractivity contribution in [3.63, 3.8) is 0 Å². The van der Waals surface area contributed by atoms with Crippen molar-refractivity contribution in [3.8, 4) is 5.75 Å². The molecule has 2 rings (SSSR count). The maximum absolute atomic E-state index is 9.31. The molecule has 4 heteroatoms. The fourth-order valence-corrected chi connectivity index (χ4v) is 3.09. The van der Waals surface area contributed by atoms with E-state index in [9.17, 15) is 5.11 Å². The fourth-order valence-electron chi connectivity index (χ4n) is 3.09. The summed E-state index contributed by atoms with van der Waals surface area (Å²) in [7, 11) is 1.70. The molecule has 0 unspecified atom stereocenters. The maximum atomic E-state index is 9.31. The lowest BCUT2D eigenvalue weighted by atomic mass is 10.1. The van der Waals surface area contributed by atoms with Gasteiger partial charge in [-0.25, -0.2) is 0 Å². The van der Waals surface area contributed by atoms with Gasteiger partial charge in [-0.2, -0.15) is 0 Å². The highest BCUT2D eigenvalue weighted by Gasteiger charge is 2.23. The molecule has 0 aliphatic heterocycles. The van der Waals surface area contributed by atoms with Gasteiger partial charge in [0.05, 0.1) is 13.7 Å². The Bertz CT molecular complexity index is 417. The minimum absolute atomic E-state index is 0.204. The third-order valence-corrected chi connectivity index (χ3v) is 4.18. The molecule has 4 nitrogen and oxygen atoms in total. The predicted molar refractivity (Wildman–Crippen MR) is 80.6 cm³/mol. The molecular formula is C16H26N2O2. The molecule has 0 amide bonds. The first-order valence-electron chi connectivity index (χ1n) is 7.49. The molecule has 112 valence electrons. The summed E-state index contributed by atoms with van der Waals surface area (Å²) in [6.07, 6.45) is 5.07. The molecule has 1 aliphatic carbocycles. The fraction of sp³-hybridized carbons (Fsp3) is 0.625. The zero-order chi connectivity index (χ0) is 14.4. The molecule has 1 fully saturated rings. The van der Waals surface area contributed by atoms with Crippen molar-refractivity contribution in [1.29, 1.82) is 0 Å². The van der Waals surface area contributed by atoms with Crippen molar-refractivity contribution in [2.24, 2.45) is 5.73 Å². The van der Waals surface area contributed by atoms with Crippen LogP contribution in [0.5, 0.6) is 5.75 Å². The van der Waals surface area contributed by atoms with Crippen LogP contribution in [0.3, 0.4) is 0 Å². The number of nitrogens with two attached hydrogens (primary N) is 1. The van der Waals surface area contributed by atoms with Gasteiger partial charge in [0.15, 0.2) is 0 Å². The number of ether oxygens (including phenoxy) is 1. The number of rotatable bonds is 7. The van der Waals surface area contributed by atoms with Gasteiger partial charge in [-0.1, -0.05) is 18.9 Å². The number of hydrogen-bond acceptors (Lipinski definition) is 4. The molecule has 1 aromatic carbocycles. The average molecular weight is 278 g/mol. The summed E-state index contributed by atoms with van der Waals surface area (Å²) in [5.41, 5.74) is 8.01. The summed E-state index contributed by atoms with van der Waals surface area (Å²) in [4.78, 5) is 2.38. The lowest BCUT2D eigenvalue weighted by molar-refractivity contribution is 0.143. The van der Waals surface area contributed by atoms with E-state index in [1.807, 2.05) is 12.1 Å². The monoisotopic (exact) mass is 278 g/mol. The molecule has 0 radical (unpaired) electrons. The van der Waals surface area contributed by atoms with E-state index >= 15 is 0 Å². The van der Waals surface area contributed by atoms with Crippen LogP contribution in [0.25, 0.3) is 0 Å². The third kappa shape index (κ3) is 3.72. The van der Waals surface area contributed by atoms with E-state index in [2.05, 4.69) is 11.0 Å². The Labute approximate surface area is 121 Å². The molecule has 3 N–H and O–H groups in total. The van der Waals surface area contributed by atoms with Crippen molar-refractivity contribution in [2.45, 2.75) is 44.8 Å². The van der Waals surface area contributed by atoms with Gasteiger partial charge in [0, 0.05) is 31.2 Å². The largest absolute Gasteiger partial charge is 0.496 e. The summed E-state index contributed by atoms with van der Waals surface area (Å²) in [6.45, 7) is 2.29. The number of nitrogens with zero attached hydrogens (tertiary/aromatic N) is 1. The van der Waals surface area contributed by atoms with Gasteiger partial charge >= 0.3 is 0 Å². The molecule has 1 saturated carbocycles. The molecule has 1 aliphatic rings. The number of methoxy groups -OCH3 is 1. The normalized spacial score (nSPS) is 16.0. The molecule has 0 spiro atoms. The Morgan fingerprint density at radius 2 is 2.10 bits per heavy atom. The van der Waals surface area contributed by atoms with Crippen molar-refractivity contribution < 1.29 is 9.84 Å². The third-order valence-electron chi connectivity index (χ3n) is 4.18. The van der Waals surface area contributed by atoms with Gasteiger partial charge in [-0.05, 0) is 30.5 Å². The van der Waals surface area contributed by atoms with Crippen LogP contribution in [0.1, 0.15) is 36.8 Å². The van der Waals surface area contributed by atoms with Crippen molar-refractivity contribution in [2.75, 3.05) is 20.3 Å². The van der Waals surface area contributed by atoms with Crippen LogP contribution in [0, 0.1) is 0 Å². The van der Waals surface area contributed by atoms with Crippen LogP contribution in [0.2, 0.25) is 0 Å². The van der Waals surface area contributed by atoms with Crippen molar-refractivity contribution >= 4 is 0 Å². The van der Waals surface area contributed by atoms with E-state index in [1.54, 1.807) is 7.11 Å². The van der Waals surface area contributed by atoms with Gasteiger partial charge in [0.1, 0.15) is 5.75 Å². The Morgan fingerprint density at radius 3 is 2.70 bits per heavy atom. The second-order valence-electron chi connectivity index (χ2n) is 5.48. The van der Waals surface area contributed by atoms with Gasteiger partial charge in [-0.15, -0.1) is 0 Å². The van der Waals surface area contributed by atoms with E-state index in [1.165, 1.54) is 25.7 Å². The maximum Gasteiger partial charge on any atom is 0.123 e. The second kappa shape index (κ2) is 7.62. The van der Waals surface area contributed by atoms with Gasteiger partial charge in [-0.3, -0.25) is 4.90 Å². The molecule has 20 heavy (non-hydrogen) atoms. The van der Waals surface area contributed by atoms with Crippen LogP contribution in [-0.4, -0.2) is 36.3 Å². The van der Waals surface area contributed by atoms with E-state index in [-0.39, 0.29) is 6.61 Å². The standard InChI is InChI=1S/C16H26N2O2/c1-20-16-7-6-13(11-17)10-14(16)12-18(8-9-19)15-4-2-3-5-15/h6-7,10,15,19H,2-5,8-9,11-12,17H2,1H3. The Balaban J connectivity index is 2.15. The van der Waals surface area contributed by atoms with Crippen LogP contribution in [0.15, 0.2) is 18.2 Å². The van der Waals surface area contributed by atoms with Crippen molar-refractivity contribution in [1.82, 2.24) is 4.90 Å². The molecular weight excluding hydrogens is 252 g/mol. The SMILES string of the molecule is COc1ccc(CN)cc1CN(CCO)C1CCCC1. The van der Waals surface area contributed by atoms with E-state index in [0.29, 0.717) is 12.6 Å². The second-order valence-corrected chi connectivity index (χ2v) is 5.48. The summed E-state index contributed by atoms with van der Waals surface area (Å²) in [6, 6.07) is 6.71. The highest BCUT2D eigenvalue weighted by molar-refractivity contribution is 5.37. The highest BCUT2D eigenvalue weighted by atomic mass is 16.5. The lowest BCUT2D eigenvalue weighted by Gasteiger charge is -2.28. The summed E-state index contributed by atoms with van der Waals surface area (Å²) < 4.78 is 5.46. The summed E-state index contributed by atoms with van der Waals surface area (Å²) in [5.74, 6) is 0.906. The summed E-state index contributed by atoms with van der Waals surface area (Å²) >= 11 is 0. The van der Waals surface area contributed by atoms with Gasteiger partial charge < -0.3 is 15.6 Å². The zero-order valence-electron chi connectivity index (χ0n) is 12.3. The quantitative estimate of drug-likeness (QED) is 0.799. The number of aliphatic hydroxyl groups is 1. The summed E-state index contributed by atoms with van der Waals surface area (Å²) in [5, 5.41) is 9.31. The number of hydrogen-bond donors (Lipinski definition) is 2.